The first kappa shape index (κ1) is 21.7. The minimum absolute atomic E-state index is 0.0677. The second-order valence-electron chi connectivity index (χ2n) is 6.73. The number of rotatable bonds is 6. The molecule has 25 heavy (non-hydrogen) atoms. The van der Waals surface area contributed by atoms with Gasteiger partial charge >= 0.3 is 6.18 Å². The van der Waals surface area contributed by atoms with Crippen LogP contribution in [0.5, 0.6) is 0 Å². The van der Waals surface area contributed by atoms with Gasteiger partial charge in [0.25, 0.3) is 0 Å². The molecule has 0 radical (unpaired) electrons. The zero-order chi connectivity index (χ0) is 19.6. The molecule has 1 rings (SSSR count). The summed E-state index contributed by atoms with van der Waals surface area (Å²) >= 11 is 0. The Morgan fingerprint density at radius 1 is 1.20 bits per heavy atom. The van der Waals surface area contributed by atoms with Crippen LogP contribution >= 0.6 is 0 Å². The molecule has 0 aromatic heterocycles. The molecule has 0 bridgehead atoms. The van der Waals surface area contributed by atoms with Gasteiger partial charge in [0.1, 0.15) is 12.5 Å². The quantitative estimate of drug-likeness (QED) is 0.756. The largest absolute Gasteiger partial charge is 0.450 e. The molecule has 0 aliphatic heterocycles. The van der Waals surface area contributed by atoms with Crippen molar-refractivity contribution in [2.45, 2.75) is 50.6 Å². The minimum atomic E-state index is -5.22. The van der Waals surface area contributed by atoms with Crippen LogP contribution in [0.15, 0.2) is 18.2 Å². The number of halogens is 5. The fourth-order valence-electron chi connectivity index (χ4n) is 2.05. The van der Waals surface area contributed by atoms with E-state index in [9.17, 15) is 31.0 Å². The van der Waals surface area contributed by atoms with Gasteiger partial charge in [-0.25, -0.2) is 17.7 Å². The summed E-state index contributed by atoms with van der Waals surface area (Å²) in [5.41, 5.74) is -2.79. The highest BCUT2D eigenvalue weighted by atomic mass is 32.2. The number of Topliss-reactive ketones (excluding diaryl/α,β-unsaturated/α-hetero) is 1. The average Bonchev–Trinajstić information content (AvgIpc) is 2.47. The molecule has 0 spiro atoms. The zero-order valence-electron chi connectivity index (χ0n) is 14.3. The van der Waals surface area contributed by atoms with E-state index in [-0.39, 0.29) is 5.56 Å². The van der Waals surface area contributed by atoms with Crippen molar-refractivity contribution in [3.63, 3.8) is 0 Å². The molecule has 1 aromatic rings. The Kier molecular flexibility index (Phi) is 6.50. The molecular weight excluding hydrogens is 365 g/mol. The van der Waals surface area contributed by atoms with Gasteiger partial charge in [0.15, 0.2) is 0 Å². The van der Waals surface area contributed by atoms with Gasteiger partial charge in [-0.05, 0) is 33.3 Å². The van der Waals surface area contributed by atoms with Crippen molar-refractivity contribution in [2.75, 3.05) is 6.67 Å². The summed E-state index contributed by atoms with van der Waals surface area (Å²) in [6.07, 6.45) is -6.62. The molecule has 0 heterocycles. The molecule has 0 aliphatic carbocycles. The maximum Gasteiger partial charge on any atom is 0.450 e. The molecule has 9 heteroatoms. The van der Waals surface area contributed by atoms with Gasteiger partial charge < -0.3 is 0 Å². The number of aryl methyl sites for hydroxylation is 1. The van der Waals surface area contributed by atoms with Crippen LogP contribution in [-0.2, 0) is 21.3 Å². The van der Waals surface area contributed by atoms with Gasteiger partial charge in [0.05, 0.1) is 21.3 Å². The second kappa shape index (κ2) is 7.49. The number of hydrogen-bond donors (Lipinski definition) is 1. The van der Waals surface area contributed by atoms with Gasteiger partial charge in [-0.3, -0.25) is 4.79 Å². The molecule has 0 saturated heterocycles. The van der Waals surface area contributed by atoms with Crippen LogP contribution in [0.25, 0.3) is 0 Å². The first-order chi connectivity index (χ1) is 11.2. The number of hydrogen-bond acceptors (Lipinski definition) is 2. The Labute approximate surface area is 145 Å². The Morgan fingerprint density at radius 2 is 1.76 bits per heavy atom. The molecule has 2 atom stereocenters. The van der Waals surface area contributed by atoms with Gasteiger partial charge in [-0.1, -0.05) is 18.2 Å². The summed E-state index contributed by atoms with van der Waals surface area (Å²) in [4.78, 5) is 11.5. The lowest BCUT2D eigenvalue weighted by atomic mass is 9.85. The highest BCUT2D eigenvalue weighted by Crippen LogP contribution is 2.34. The van der Waals surface area contributed by atoms with Crippen LogP contribution in [0.3, 0.4) is 0 Å². The summed E-state index contributed by atoms with van der Waals surface area (Å²) in [5.74, 6) is -3.18. The molecule has 3 nitrogen and oxygen atoms in total. The fraction of sp³-hybridized carbons (Fsp3) is 0.562. The highest BCUT2D eigenvalue weighted by molar-refractivity contribution is 7.84. The monoisotopic (exact) mass is 385 g/mol. The first-order valence-corrected chi connectivity index (χ1v) is 8.51. The lowest BCUT2D eigenvalue weighted by Gasteiger charge is -2.35. The maximum atomic E-state index is 14.5. The van der Waals surface area contributed by atoms with E-state index in [1.807, 2.05) is 0 Å². The van der Waals surface area contributed by atoms with E-state index in [4.69, 9.17) is 0 Å². The van der Waals surface area contributed by atoms with Crippen molar-refractivity contribution < 1.29 is 31.0 Å². The third-order valence-corrected chi connectivity index (χ3v) is 5.25. The summed E-state index contributed by atoms with van der Waals surface area (Å²) in [6, 6.07) is 3.77. The second-order valence-corrected chi connectivity index (χ2v) is 8.70. The standard InChI is InChI=1S/C16H20F5NO2S/c1-10-6-5-7-11(13(10)18)15(9-17,8-12(23)16(19,20)21)22-25(24)14(2,3)4/h5-7,22H,8-9H2,1-4H3/t15-,25-/m1/s1. The van der Waals surface area contributed by atoms with E-state index >= 15 is 0 Å². The smallest absolute Gasteiger partial charge is 0.289 e. The Balaban J connectivity index is 3.50. The first-order valence-electron chi connectivity index (χ1n) is 7.36. The van der Waals surface area contributed by atoms with Crippen molar-refractivity contribution in [1.82, 2.24) is 4.72 Å². The number of carbonyl (C=O) groups is 1. The van der Waals surface area contributed by atoms with Crippen LogP contribution in [0.2, 0.25) is 0 Å². The SMILES string of the molecule is Cc1cccc([C@](CF)(CC(=O)C(F)(F)F)N[S@](=O)C(C)(C)C)c1F. The fourth-order valence-corrected chi connectivity index (χ4v) is 2.95. The lowest BCUT2D eigenvalue weighted by Crippen LogP contribution is -2.52. The predicted molar refractivity (Wildman–Crippen MR) is 85.5 cm³/mol. The van der Waals surface area contributed by atoms with Crippen LogP contribution in [0.1, 0.15) is 38.3 Å². The van der Waals surface area contributed by atoms with Crippen LogP contribution in [0, 0.1) is 12.7 Å². The molecule has 0 unspecified atom stereocenters. The number of ketones is 1. The van der Waals surface area contributed by atoms with Crippen LogP contribution in [-0.4, -0.2) is 27.6 Å². The van der Waals surface area contributed by atoms with Crippen LogP contribution < -0.4 is 4.72 Å². The Hall–Kier alpha value is -1.35. The summed E-state index contributed by atoms with van der Waals surface area (Å²) < 4.78 is 80.2. The molecule has 1 N–H and O–H groups in total. The molecule has 1 aromatic carbocycles. The Bertz CT molecular complexity index is 639. The number of nitrogens with one attached hydrogen (secondary N) is 1. The molecule has 0 aliphatic rings. The molecule has 0 saturated carbocycles. The van der Waals surface area contributed by atoms with Gasteiger partial charge in [-0.2, -0.15) is 13.2 Å². The summed E-state index contributed by atoms with van der Waals surface area (Å²) in [7, 11) is -2.04. The van der Waals surface area contributed by atoms with E-state index in [0.29, 0.717) is 0 Å². The van der Waals surface area contributed by atoms with Crippen molar-refractivity contribution >= 4 is 16.8 Å². The Morgan fingerprint density at radius 3 is 2.20 bits per heavy atom. The normalized spacial score (nSPS) is 16.4. The third-order valence-electron chi connectivity index (χ3n) is 3.56. The number of alkyl halides is 4. The number of carbonyl (C=O) groups excluding carboxylic acids is 1. The minimum Gasteiger partial charge on any atom is -0.289 e. The molecular formula is C16H20F5NO2S. The maximum absolute atomic E-state index is 14.5. The van der Waals surface area contributed by atoms with Crippen molar-refractivity contribution in [1.29, 1.82) is 0 Å². The van der Waals surface area contributed by atoms with E-state index < -0.39 is 57.7 Å². The van der Waals surface area contributed by atoms with Gasteiger partial charge in [0.2, 0.25) is 5.78 Å². The highest BCUT2D eigenvalue weighted by Gasteiger charge is 2.48. The zero-order valence-corrected chi connectivity index (χ0v) is 15.1. The molecule has 0 amide bonds. The predicted octanol–water partition coefficient (Wildman–Crippen LogP) is 3.87. The summed E-state index contributed by atoms with van der Waals surface area (Å²) in [6.45, 7) is 4.34. The summed E-state index contributed by atoms with van der Waals surface area (Å²) in [5, 5.41) is 0. The van der Waals surface area contributed by atoms with E-state index in [1.54, 1.807) is 0 Å². The third kappa shape index (κ3) is 5.07. The van der Waals surface area contributed by atoms with Crippen molar-refractivity contribution in [3.05, 3.63) is 35.1 Å². The van der Waals surface area contributed by atoms with E-state index in [0.717, 1.165) is 6.07 Å². The lowest BCUT2D eigenvalue weighted by molar-refractivity contribution is -0.172. The average molecular weight is 385 g/mol. The molecule has 142 valence electrons. The van der Waals surface area contributed by atoms with E-state index in [1.165, 1.54) is 39.8 Å². The molecule has 0 fully saturated rings. The van der Waals surface area contributed by atoms with Gasteiger partial charge in [0, 0.05) is 12.0 Å². The van der Waals surface area contributed by atoms with E-state index in [2.05, 4.69) is 4.72 Å². The van der Waals surface area contributed by atoms with Crippen LogP contribution in [0.4, 0.5) is 22.0 Å². The van der Waals surface area contributed by atoms with Crippen molar-refractivity contribution in [2.24, 2.45) is 0 Å². The van der Waals surface area contributed by atoms with Gasteiger partial charge in [-0.15, -0.1) is 0 Å². The topological polar surface area (TPSA) is 46.2 Å². The van der Waals surface area contributed by atoms with Crippen molar-refractivity contribution in [3.8, 4) is 0 Å². The number of benzene rings is 1.